The molecule has 0 saturated carbocycles. The highest BCUT2D eigenvalue weighted by Gasteiger charge is 1.97. The van der Waals surface area contributed by atoms with Crippen LogP contribution in [0.2, 0.25) is 0 Å². The van der Waals surface area contributed by atoms with Crippen molar-refractivity contribution in [1.82, 2.24) is 4.57 Å². The lowest BCUT2D eigenvalue weighted by Crippen LogP contribution is -1.98. The molecule has 2 rings (SSSR count). The van der Waals surface area contributed by atoms with Crippen LogP contribution < -0.4 is 5.32 Å². The van der Waals surface area contributed by atoms with Gasteiger partial charge in [0.25, 0.3) is 0 Å². The molecule has 2 aromatic rings. The summed E-state index contributed by atoms with van der Waals surface area (Å²) in [5.74, 6) is 0. The van der Waals surface area contributed by atoms with Crippen LogP contribution in [0, 0.1) is 0 Å². The monoisotopic (exact) mass is 256 g/mol. The van der Waals surface area contributed by atoms with Gasteiger partial charge < -0.3 is 9.88 Å². The minimum absolute atomic E-state index is 0.890. The third kappa shape index (κ3) is 4.16. The summed E-state index contributed by atoms with van der Waals surface area (Å²) >= 11 is 0. The smallest absolute Gasteiger partial charge is 0.0415 e. The Kier molecular flexibility index (Phi) is 5.08. The molecule has 1 aromatic heterocycles. The van der Waals surface area contributed by atoms with Crippen molar-refractivity contribution in [2.45, 2.75) is 46.2 Å². The molecule has 0 bridgehead atoms. The summed E-state index contributed by atoms with van der Waals surface area (Å²) < 4.78 is 2.20. The Morgan fingerprint density at radius 2 is 1.79 bits per heavy atom. The largest absolute Gasteiger partial charge is 0.381 e. The molecule has 0 unspecified atom stereocenters. The maximum absolute atomic E-state index is 3.47. The van der Waals surface area contributed by atoms with Gasteiger partial charge in [-0.05, 0) is 49.1 Å². The van der Waals surface area contributed by atoms with E-state index in [0.717, 1.165) is 13.1 Å². The number of hydrogen-bond acceptors (Lipinski definition) is 1. The lowest BCUT2D eigenvalue weighted by molar-refractivity contribution is 0.766. The van der Waals surface area contributed by atoms with Crippen molar-refractivity contribution < 1.29 is 0 Å². The Hall–Kier alpha value is -1.70. The summed E-state index contributed by atoms with van der Waals surface area (Å²) in [7, 11) is 0. The summed E-state index contributed by atoms with van der Waals surface area (Å²) in [6, 6.07) is 11.0. The number of benzene rings is 1. The van der Waals surface area contributed by atoms with E-state index in [1.54, 1.807) is 0 Å². The first kappa shape index (κ1) is 13.7. The number of hydrogen-bond donors (Lipinski definition) is 1. The van der Waals surface area contributed by atoms with Crippen LogP contribution in [0.1, 0.15) is 37.8 Å². The molecule has 19 heavy (non-hydrogen) atoms. The Bertz CT molecular complexity index is 482. The van der Waals surface area contributed by atoms with E-state index in [1.165, 1.54) is 36.1 Å². The van der Waals surface area contributed by atoms with Gasteiger partial charge in [-0.1, -0.05) is 25.5 Å². The quantitative estimate of drug-likeness (QED) is 0.773. The van der Waals surface area contributed by atoms with Gasteiger partial charge in [-0.2, -0.15) is 0 Å². The van der Waals surface area contributed by atoms with Crippen molar-refractivity contribution in [2.24, 2.45) is 0 Å². The number of rotatable bonds is 7. The Morgan fingerprint density at radius 3 is 2.42 bits per heavy atom. The standard InChI is InChI=1S/C17H24N2/c1-3-5-6-15-7-9-17(10-8-15)18-13-16-11-12-19(4-2)14-16/h7-12,14,18H,3-6,13H2,1-2H3. The summed E-state index contributed by atoms with van der Waals surface area (Å²) in [6.45, 7) is 6.32. The van der Waals surface area contributed by atoms with Crippen molar-refractivity contribution in [1.29, 1.82) is 0 Å². The second kappa shape index (κ2) is 7.03. The van der Waals surface area contributed by atoms with Gasteiger partial charge in [-0.15, -0.1) is 0 Å². The Balaban J connectivity index is 1.85. The minimum Gasteiger partial charge on any atom is -0.381 e. The lowest BCUT2D eigenvalue weighted by Gasteiger charge is -2.06. The molecular weight excluding hydrogens is 232 g/mol. The molecule has 0 aliphatic rings. The Labute approximate surface area is 116 Å². The molecule has 2 nitrogen and oxygen atoms in total. The van der Waals surface area contributed by atoms with Gasteiger partial charge >= 0.3 is 0 Å². The highest BCUT2D eigenvalue weighted by molar-refractivity contribution is 5.45. The van der Waals surface area contributed by atoms with Crippen molar-refractivity contribution in [3.8, 4) is 0 Å². The van der Waals surface area contributed by atoms with Gasteiger partial charge in [0, 0.05) is 31.2 Å². The van der Waals surface area contributed by atoms with E-state index in [9.17, 15) is 0 Å². The third-order valence-electron chi connectivity index (χ3n) is 3.45. The highest BCUT2D eigenvalue weighted by atomic mass is 14.9. The zero-order valence-electron chi connectivity index (χ0n) is 12.0. The lowest BCUT2D eigenvalue weighted by atomic mass is 10.1. The van der Waals surface area contributed by atoms with E-state index in [1.807, 2.05) is 0 Å². The maximum Gasteiger partial charge on any atom is 0.0415 e. The molecule has 0 fully saturated rings. The molecule has 0 spiro atoms. The first-order valence-electron chi connectivity index (χ1n) is 7.29. The molecule has 2 heteroatoms. The molecule has 102 valence electrons. The van der Waals surface area contributed by atoms with Crippen molar-refractivity contribution in [3.05, 3.63) is 53.9 Å². The van der Waals surface area contributed by atoms with Crippen LogP contribution in [0.5, 0.6) is 0 Å². The van der Waals surface area contributed by atoms with Crippen molar-refractivity contribution in [3.63, 3.8) is 0 Å². The predicted octanol–water partition coefficient (Wildman–Crippen LogP) is 4.46. The molecule has 1 N–H and O–H groups in total. The summed E-state index contributed by atoms with van der Waals surface area (Å²) in [5, 5.41) is 3.47. The van der Waals surface area contributed by atoms with Gasteiger partial charge in [0.2, 0.25) is 0 Å². The predicted molar refractivity (Wildman–Crippen MR) is 82.5 cm³/mol. The van der Waals surface area contributed by atoms with E-state index >= 15 is 0 Å². The van der Waals surface area contributed by atoms with Gasteiger partial charge in [-0.3, -0.25) is 0 Å². The van der Waals surface area contributed by atoms with E-state index in [0.29, 0.717) is 0 Å². The van der Waals surface area contributed by atoms with Gasteiger partial charge in [0.1, 0.15) is 0 Å². The molecule has 0 aliphatic carbocycles. The third-order valence-corrected chi connectivity index (χ3v) is 3.45. The first-order chi connectivity index (χ1) is 9.31. The van der Waals surface area contributed by atoms with E-state index in [-0.39, 0.29) is 0 Å². The average Bonchev–Trinajstić information content (AvgIpc) is 2.92. The van der Waals surface area contributed by atoms with E-state index in [2.05, 4.69) is 66.5 Å². The normalized spacial score (nSPS) is 10.6. The zero-order valence-corrected chi connectivity index (χ0v) is 12.0. The minimum atomic E-state index is 0.890. The van der Waals surface area contributed by atoms with Crippen LogP contribution in [0.25, 0.3) is 0 Å². The summed E-state index contributed by atoms with van der Waals surface area (Å²) in [6.07, 6.45) is 8.05. The maximum atomic E-state index is 3.47. The molecule has 1 heterocycles. The fourth-order valence-electron chi connectivity index (χ4n) is 2.17. The molecule has 0 amide bonds. The van der Waals surface area contributed by atoms with Crippen LogP contribution in [0.15, 0.2) is 42.7 Å². The molecule has 0 saturated heterocycles. The Morgan fingerprint density at radius 1 is 1.00 bits per heavy atom. The second-order valence-corrected chi connectivity index (χ2v) is 5.00. The van der Waals surface area contributed by atoms with Crippen molar-refractivity contribution >= 4 is 5.69 Å². The van der Waals surface area contributed by atoms with Gasteiger partial charge in [0.05, 0.1) is 0 Å². The van der Waals surface area contributed by atoms with Gasteiger partial charge in [-0.25, -0.2) is 0 Å². The van der Waals surface area contributed by atoms with E-state index < -0.39 is 0 Å². The number of anilines is 1. The molecule has 0 aliphatic heterocycles. The SMILES string of the molecule is CCCCc1ccc(NCc2ccn(CC)c2)cc1. The number of nitrogens with one attached hydrogen (secondary N) is 1. The fourth-order valence-corrected chi connectivity index (χ4v) is 2.17. The molecule has 0 atom stereocenters. The highest BCUT2D eigenvalue weighted by Crippen LogP contribution is 2.13. The fraction of sp³-hybridized carbons (Fsp3) is 0.412. The van der Waals surface area contributed by atoms with Crippen LogP contribution >= 0.6 is 0 Å². The van der Waals surface area contributed by atoms with Crippen LogP contribution in [-0.2, 0) is 19.5 Å². The van der Waals surface area contributed by atoms with E-state index in [4.69, 9.17) is 0 Å². The number of aromatic nitrogens is 1. The number of aryl methyl sites for hydroxylation is 2. The van der Waals surface area contributed by atoms with Crippen LogP contribution in [0.3, 0.4) is 0 Å². The van der Waals surface area contributed by atoms with Crippen molar-refractivity contribution in [2.75, 3.05) is 5.32 Å². The number of unbranched alkanes of at least 4 members (excludes halogenated alkanes) is 1. The topological polar surface area (TPSA) is 17.0 Å². The molecule has 0 radical (unpaired) electrons. The molecule has 1 aromatic carbocycles. The zero-order chi connectivity index (χ0) is 13.5. The van der Waals surface area contributed by atoms with Crippen LogP contribution in [-0.4, -0.2) is 4.57 Å². The summed E-state index contributed by atoms with van der Waals surface area (Å²) in [5.41, 5.74) is 3.96. The molecular formula is C17H24N2. The van der Waals surface area contributed by atoms with Crippen LogP contribution in [0.4, 0.5) is 5.69 Å². The average molecular weight is 256 g/mol. The summed E-state index contributed by atoms with van der Waals surface area (Å²) in [4.78, 5) is 0. The first-order valence-corrected chi connectivity index (χ1v) is 7.29. The number of nitrogens with zero attached hydrogens (tertiary/aromatic N) is 1. The van der Waals surface area contributed by atoms with Gasteiger partial charge in [0.15, 0.2) is 0 Å². The second-order valence-electron chi connectivity index (χ2n) is 5.00.